The van der Waals surface area contributed by atoms with E-state index in [1.807, 2.05) is 6.92 Å². The molecule has 3 fully saturated rings. The summed E-state index contributed by atoms with van der Waals surface area (Å²) in [7, 11) is 1.21. The Balaban J connectivity index is 1.71. The number of carbonyl (C=O) groups is 4. The molecular formula is C19H21N3O6. The number of methoxy groups -OCH3 is 1. The van der Waals surface area contributed by atoms with Crippen LogP contribution in [0.2, 0.25) is 0 Å². The highest BCUT2D eigenvalue weighted by molar-refractivity contribution is 6.25. The van der Waals surface area contributed by atoms with E-state index in [1.54, 1.807) is 29.2 Å². The van der Waals surface area contributed by atoms with Gasteiger partial charge in [0.05, 0.1) is 31.2 Å². The highest BCUT2D eigenvalue weighted by Crippen LogP contribution is 2.44. The van der Waals surface area contributed by atoms with Crippen LogP contribution in [0.25, 0.3) is 0 Å². The van der Waals surface area contributed by atoms with E-state index in [1.165, 1.54) is 7.11 Å². The Hall–Kier alpha value is -2.94. The zero-order valence-electron chi connectivity index (χ0n) is 15.6. The Kier molecular flexibility index (Phi) is 4.54. The van der Waals surface area contributed by atoms with Crippen LogP contribution < -0.4 is 15.0 Å². The first-order chi connectivity index (χ1) is 13.5. The zero-order chi connectivity index (χ0) is 20.0. The molecule has 3 saturated heterocycles. The molecule has 3 amide bonds. The number of nitrogens with one attached hydrogen (secondary N) is 1. The van der Waals surface area contributed by atoms with E-state index in [2.05, 4.69) is 5.32 Å². The Labute approximate surface area is 161 Å². The Morgan fingerprint density at radius 3 is 2.50 bits per heavy atom. The number of benzene rings is 1. The number of rotatable bonds is 4. The lowest BCUT2D eigenvalue weighted by Gasteiger charge is -2.34. The van der Waals surface area contributed by atoms with Crippen LogP contribution in [0, 0.1) is 11.8 Å². The standard InChI is InChI=1S/C19H21N3O6/c1-3-28-11-6-4-10(5-7-11)22-17(24)12-13(19(26)27-2)14-16(23)20-8-9-21(14)15(12)18(22)25/h4-7,12-15H,3,8-9H2,1-2H3,(H,20,23)/t12-,13+,14+,15+/m1/s1. The predicted octanol–water partition coefficient (Wildman–Crippen LogP) is -0.453. The smallest absolute Gasteiger partial charge is 0.311 e. The van der Waals surface area contributed by atoms with Gasteiger partial charge in [-0.1, -0.05) is 0 Å². The van der Waals surface area contributed by atoms with Gasteiger partial charge >= 0.3 is 5.97 Å². The topological polar surface area (TPSA) is 105 Å². The second kappa shape index (κ2) is 6.90. The van der Waals surface area contributed by atoms with Crippen molar-refractivity contribution in [1.29, 1.82) is 0 Å². The normalized spacial score (nSPS) is 29.4. The van der Waals surface area contributed by atoms with Crippen molar-refractivity contribution in [3.8, 4) is 5.75 Å². The second-order valence-electron chi connectivity index (χ2n) is 6.93. The van der Waals surface area contributed by atoms with Gasteiger partial charge in [0.25, 0.3) is 5.91 Å². The molecule has 9 heteroatoms. The SMILES string of the molecule is CCOc1ccc(N2C(=O)[C@@H]3[C@H](C(=O)OC)[C@H]4C(=O)NCCN4[C@@H]3C2=O)cc1. The van der Waals surface area contributed by atoms with Crippen molar-refractivity contribution >= 4 is 29.4 Å². The Morgan fingerprint density at radius 2 is 1.86 bits per heavy atom. The van der Waals surface area contributed by atoms with Gasteiger partial charge in [-0.3, -0.25) is 24.1 Å². The van der Waals surface area contributed by atoms with Crippen LogP contribution in [0.3, 0.4) is 0 Å². The fourth-order valence-electron chi connectivity index (χ4n) is 4.48. The van der Waals surface area contributed by atoms with Crippen molar-refractivity contribution in [3.63, 3.8) is 0 Å². The molecular weight excluding hydrogens is 366 g/mol. The number of nitrogens with zero attached hydrogens (tertiary/aromatic N) is 2. The number of hydrogen-bond donors (Lipinski definition) is 1. The number of piperazine rings is 1. The molecule has 9 nitrogen and oxygen atoms in total. The number of hydrogen-bond acceptors (Lipinski definition) is 7. The van der Waals surface area contributed by atoms with Gasteiger partial charge in [-0.2, -0.15) is 0 Å². The van der Waals surface area contributed by atoms with Gasteiger partial charge < -0.3 is 14.8 Å². The van der Waals surface area contributed by atoms with E-state index >= 15 is 0 Å². The first-order valence-electron chi connectivity index (χ1n) is 9.21. The summed E-state index contributed by atoms with van der Waals surface area (Å²) >= 11 is 0. The van der Waals surface area contributed by atoms with Crippen molar-refractivity contribution in [2.75, 3.05) is 31.7 Å². The molecule has 3 heterocycles. The molecule has 3 aliphatic rings. The molecule has 0 aliphatic carbocycles. The highest BCUT2D eigenvalue weighted by atomic mass is 16.5. The predicted molar refractivity (Wildman–Crippen MR) is 96.4 cm³/mol. The van der Waals surface area contributed by atoms with Crippen molar-refractivity contribution in [2.45, 2.75) is 19.0 Å². The Morgan fingerprint density at radius 1 is 1.14 bits per heavy atom. The third-order valence-electron chi connectivity index (χ3n) is 5.58. The number of ether oxygens (including phenoxy) is 2. The van der Waals surface area contributed by atoms with E-state index < -0.39 is 41.7 Å². The highest BCUT2D eigenvalue weighted by Gasteiger charge is 2.66. The number of amides is 3. The first kappa shape index (κ1) is 18.4. The molecule has 1 aromatic carbocycles. The maximum Gasteiger partial charge on any atom is 0.311 e. The molecule has 0 bridgehead atoms. The summed E-state index contributed by atoms with van der Waals surface area (Å²) in [5.41, 5.74) is 0.412. The van der Waals surface area contributed by atoms with Crippen molar-refractivity contribution < 1.29 is 28.7 Å². The van der Waals surface area contributed by atoms with Crippen molar-refractivity contribution in [1.82, 2.24) is 10.2 Å². The Bertz CT molecular complexity index is 839. The van der Waals surface area contributed by atoms with Crippen LogP contribution >= 0.6 is 0 Å². The minimum Gasteiger partial charge on any atom is -0.494 e. The van der Waals surface area contributed by atoms with E-state index in [9.17, 15) is 19.2 Å². The van der Waals surface area contributed by atoms with Gasteiger partial charge in [0, 0.05) is 13.1 Å². The lowest BCUT2D eigenvalue weighted by Crippen LogP contribution is -2.58. The summed E-state index contributed by atoms with van der Waals surface area (Å²) in [6.45, 7) is 3.11. The summed E-state index contributed by atoms with van der Waals surface area (Å²) in [5, 5.41) is 2.70. The van der Waals surface area contributed by atoms with Gasteiger partial charge in [-0.15, -0.1) is 0 Å². The van der Waals surface area contributed by atoms with Crippen LogP contribution in [-0.2, 0) is 23.9 Å². The van der Waals surface area contributed by atoms with Gasteiger partial charge in [0.1, 0.15) is 17.8 Å². The summed E-state index contributed by atoms with van der Waals surface area (Å²) in [6, 6.07) is 4.92. The summed E-state index contributed by atoms with van der Waals surface area (Å²) in [6.07, 6.45) is 0. The molecule has 0 aromatic heterocycles. The third-order valence-corrected chi connectivity index (χ3v) is 5.58. The van der Waals surface area contributed by atoms with E-state index in [0.29, 0.717) is 31.1 Å². The molecule has 1 aromatic rings. The van der Waals surface area contributed by atoms with Crippen molar-refractivity contribution in [2.24, 2.45) is 11.8 Å². The third kappa shape index (κ3) is 2.57. The van der Waals surface area contributed by atoms with Crippen LogP contribution in [0.4, 0.5) is 5.69 Å². The lowest BCUT2D eigenvalue weighted by molar-refractivity contribution is -0.152. The number of imide groups is 1. The number of fused-ring (bicyclic) bond motifs is 3. The molecule has 3 aliphatic heterocycles. The molecule has 4 rings (SSSR count). The molecule has 4 atom stereocenters. The molecule has 0 spiro atoms. The van der Waals surface area contributed by atoms with E-state index in [-0.39, 0.29) is 5.91 Å². The fourth-order valence-corrected chi connectivity index (χ4v) is 4.48. The maximum atomic E-state index is 13.2. The average Bonchev–Trinajstić information content (AvgIpc) is 3.17. The second-order valence-corrected chi connectivity index (χ2v) is 6.93. The molecule has 28 heavy (non-hydrogen) atoms. The van der Waals surface area contributed by atoms with Crippen LogP contribution in [0.1, 0.15) is 6.92 Å². The summed E-state index contributed by atoms with van der Waals surface area (Å²) in [5.74, 6) is -3.26. The zero-order valence-corrected chi connectivity index (χ0v) is 15.6. The quantitative estimate of drug-likeness (QED) is 0.551. The number of esters is 1. The van der Waals surface area contributed by atoms with Gasteiger partial charge in [-0.25, -0.2) is 4.90 Å². The summed E-state index contributed by atoms with van der Waals surface area (Å²) < 4.78 is 10.3. The summed E-state index contributed by atoms with van der Waals surface area (Å²) in [4.78, 5) is 54.0. The van der Waals surface area contributed by atoms with E-state index in [0.717, 1.165) is 4.90 Å². The van der Waals surface area contributed by atoms with Gasteiger partial charge in [0.15, 0.2) is 0 Å². The fraction of sp³-hybridized carbons (Fsp3) is 0.474. The molecule has 1 N–H and O–H groups in total. The lowest BCUT2D eigenvalue weighted by atomic mass is 9.87. The molecule has 0 unspecified atom stereocenters. The van der Waals surface area contributed by atoms with E-state index in [4.69, 9.17) is 9.47 Å². The van der Waals surface area contributed by atoms with Crippen LogP contribution in [0.5, 0.6) is 5.75 Å². The minimum absolute atomic E-state index is 0.357. The largest absolute Gasteiger partial charge is 0.494 e. The first-order valence-corrected chi connectivity index (χ1v) is 9.21. The van der Waals surface area contributed by atoms with Crippen LogP contribution in [-0.4, -0.2) is 67.5 Å². The number of carbonyl (C=O) groups excluding carboxylic acids is 4. The minimum atomic E-state index is -1.01. The molecule has 148 valence electrons. The number of anilines is 1. The van der Waals surface area contributed by atoms with Crippen LogP contribution in [0.15, 0.2) is 24.3 Å². The molecule has 0 radical (unpaired) electrons. The van der Waals surface area contributed by atoms with Gasteiger partial charge in [0.2, 0.25) is 11.8 Å². The van der Waals surface area contributed by atoms with Gasteiger partial charge in [-0.05, 0) is 31.2 Å². The molecule has 0 saturated carbocycles. The average molecular weight is 387 g/mol. The monoisotopic (exact) mass is 387 g/mol. The van der Waals surface area contributed by atoms with Crippen molar-refractivity contribution in [3.05, 3.63) is 24.3 Å². The maximum absolute atomic E-state index is 13.2.